The second-order valence-corrected chi connectivity index (χ2v) is 13.6. The van der Waals surface area contributed by atoms with Crippen LogP contribution in [-0.4, -0.2) is 45.7 Å². The molecule has 0 aliphatic heterocycles. The summed E-state index contributed by atoms with van der Waals surface area (Å²) in [4.78, 5) is 36.7. The number of oxazole rings is 1. The van der Waals surface area contributed by atoms with Gasteiger partial charge in [-0.3, -0.25) is 0 Å². The molecule has 272 valence electrons. The fourth-order valence-corrected chi connectivity index (χ4v) is 6.20. The van der Waals surface area contributed by atoms with Gasteiger partial charge in [-0.15, -0.1) is 0 Å². The molecule has 1 aliphatic carbocycles. The number of para-hydroxylation sites is 1. The maximum Gasteiger partial charge on any atom is 0.416 e. The number of esters is 1. The first-order valence-electron chi connectivity index (χ1n) is 17.2. The highest BCUT2D eigenvalue weighted by Crippen LogP contribution is 2.36. The Morgan fingerprint density at radius 2 is 1.73 bits per heavy atom. The Morgan fingerprint density at radius 1 is 0.962 bits per heavy atom. The number of carbonyl (C=O) groups is 2. The number of halogens is 3. The van der Waals surface area contributed by atoms with Crippen LogP contribution in [0.15, 0.2) is 83.3 Å². The molecule has 6 rings (SSSR count). The normalized spacial score (nSPS) is 14.5. The standard InChI is InChI=1S/C40H40F3N3O6/c1-5-49-37(47)31-19-18-29-30(44-31)10-8-11-33(29)46(38(48)52-39(2,3)4)22-21-26-9-6-7-12-34(26)50-24-25-13-15-27(16-14-25)36-45-32-23-28(40(41,42)43)17-20-35(32)51-36/h6-7,9,12-20,23,33H,5,8,10-11,21-22,24H2,1-4H3. The lowest BCUT2D eigenvalue weighted by atomic mass is 9.89. The van der Waals surface area contributed by atoms with Crippen LogP contribution in [-0.2, 0) is 35.1 Å². The Hall–Kier alpha value is -5.39. The molecule has 52 heavy (non-hydrogen) atoms. The molecule has 12 heteroatoms. The second-order valence-electron chi connectivity index (χ2n) is 13.6. The Kier molecular flexibility index (Phi) is 10.5. The Balaban J connectivity index is 1.16. The molecule has 2 aromatic heterocycles. The van der Waals surface area contributed by atoms with Crippen LogP contribution in [0.25, 0.3) is 22.6 Å². The van der Waals surface area contributed by atoms with Gasteiger partial charge in [-0.05, 0) is 113 Å². The van der Waals surface area contributed by atoms with Gasteiger partial charge in [0.1, 0.15) is 29.2 Å². The highest BCUT2D eigenvalue weighted by molar-refractivity contribution is 5.87. The van der Waals surface area contributed by atoms with Gasteiger partial charge in [0.2, 0.25) is 5.89 Å². The lowest BCUT2D eigenvalue weighted by Crippen LogP contribution is -2.41. The number of fused-ring (bicyclic) bond motifs is 2. The predicted octanol–water partition coefficient (Wildman–Crippen LogP) is 9.52. The number of carbonyl (C=O) groups excluding carboxylic acids is 2. The number of ether oxygens (including phenoxy) is 3. The van der Waals surface area contributed by atoms with Crippen molar-refractivity contribution in [2.45, 2.75) is 77.8 Å². The fourth-order valence-electron chi connectivity index (χ4n) is 6.20. The van der Waals surface area contributed by atoms with Crippen molar-refractivity contribution >= 4 is 23.2 Å². The van der Waals surface area contributed by atoms with Crippen molar-refractivity contribution in [2.75, 3.05) is 13.2 Å². The summed E-state index contributed by atoms with van der Waals surface area (Å²) in [5.41, 5.74) is 3.21. The number of aryl methyl sites for hydroxylation is 1. The lowest BCUT2D eigenvalue weighted by molar-refractivity contribution is -0.137. The average molecular weight is 716 g/mol. The zero-order chi connectivity index (χ0) is 37.0. The van der Waals surface area contributed by atoms with Crippen LogP contribution in [0.3, 0.4) is 0 Å². The molecule has 0 spiro atoms. The van der Waals surface area contributed by atoms with Gasteiger partial charge in [-0.1, -0.05) is 36.4 Å². The molecule has 1 atom stereocenters. The summed E-state index contributed by atoms with van der Waals surface area (Å²) in [5, 5.41) is 0. The van der Waals surface area contributed by atoms with Gasteiger partial charge in [-0.25, -0.2) is 19.6 Å². The molecule has 5 aromatic rings. The molecule has 2 heterocycles. The number of aromatic nitrogens is 2. The van der Waals surface area contributed by atoms with Crippen LogP contribution in [0.2, 0.25) is 0 Å². The molecule has 0 radical (unpaired) electrons. The molecular formula is C40H40F3N3O6. The zero-order valence-corrected chi connectivity index (χ0v) is 29.5. The van der Waals surface area contributed by atoms with E-state index < -0.39 is 29.4 Å². The second kappa shape index (κ2) is 15.1. The van der Waals surface area contributed by atoms with Crippen molar-refractivity contribution in [3.05, 3.63) is 113 Å². The summed E-state index contributed by atoms with van der Waals surface area (Å²) < 4.78 is 62.4. The van der Waals surface area contributed by atoms with E-state index in [1.807, 2.05) is 63.2 Å². The molecule has 1 aliphatic rings. The third-order valence-electron chi connectivity index (χ3n) is 8.65. The summed E-state index contributed by atoms with van der Waals surface area (Å²) in [6.45, 7) is 8.11. The maximum absolute atomic E-state index is 13.7. The van der Waals surface area contributed by atoms with Crippen LogP contribution in [0, 0.1) is 0 Å². The zero-order valence-electron chi connectivity index (χ0n) is 29.5. The molecule has 0 N–H and O–H groups in total. The summed E-state index contributed by atoms with van der Waals surface area (Å²) in [7, 11) is 0. The third-order valence-corrected chi connectivity index (χ3v) is 8.65. The quantitative estimate of drug-likeness (QED) is 0.132. The minimum Gasteiger partial charge on any atom is -0.489 e. The molecule has 0 fully saturated rings. The average Bonchev–Trinajstić information content (AvgIpc) is 3.54. The smallest absolute Gasteiger partial charge is 0.416 e. The van der Waals surface area contributed by atoms with Crippen LogP contribution in [0.1, 0.15) is 85.0 Å². The molecular weight excluding hydrogens is 675 g/mol. The first-order valence-corrected chi connectivity index (χ1v) is 17.2. The molecule has 9 nitrogen and oxygen atoms in total. The van der Waals surface area contributed by atoms with Gasteiger partial charge in [0.15, 0.2) is 5.58 Å². The van der Waals surface area contributed by atoms with Crippen molar-refractivity contribution in [2.24, 2.45) is 0 Å². The molecule has 0 bridgehead atoms. The monoisotopic (exact) mass is 715 g/mol. The van der Waals surface area contributed by atoms with Crippen LogP contribution >= 0.6 is 0 Å². The number of benzene rings is 3. The first-order chi connectivity index (χ1) is 24.8. The number of hydrogen-bond donors (Lipinski definition) is 0. The van der Waals surface area contributed by atoms with E-state index in [2.05, 4.69) is 9.97 Å². The topological polar surface area (TPSA) is 104 Å². The van der Waals surface area contributed by atoms with E-state index in [0.717, 1.165) is 47.4 Å². The van der Waals surface area contributed by atoms with Gasteiger partial charge >= 0.3 is 18.2 Å². The Labute approximate surface area is 299 Å². The van der Waals surface area contributed by atoms with E-state index in [1.54, 1.807) is 30.0 Å². The van der Waals surface area contributed by atoms with Gasteiger partial charge in [0, 0.05) is 17.8 Å². The van der Waals surface area contributed by atoms with Crippen molar-refractivity contribution in [1.29, 1.82) is 0 Å². The summed E-state index contributed by atoms with van der Waals surface area (Å²) in [6.07, 6.45) is -2.21. The third kappa shape index (κ3) is 8.55. The minimum atomic E-state index is -4.47. The van der Waals surface area contributed by atoms with Gasteiger partial charge < -0.3 is 23.5 Å². The highest BCUT2D eigenvalue weighted by atomic mass is 19.4. The SMILES string of the molecule is CCOC(=O)c1ccc2c(n1)CCCC2N(CCc1ccccc1OCc1ccc(-c2nc3cc(C(F)(F)F)ccc3o2)cc1)C(=O)OC(C)(C)C. The van der Waals surface area contributed by atoms with Gasteiger partial charge in [-0.2, -0.15) is 13.2 Å². The molecule has 3 aromatic carbocycles. The van der Waals surface area contributed by atoms with Crippen LogP contribution in [0.4, 0.5) is 18.0 Å². The van der Waals surface area contributed by atoms with Crippen LogP contribution in [0.5, 0.6) is 5.75 Å². The number of pyridine rings is 1. The van der Waals surface area contributed by atoms with Crippen molar-refractivity contribution < 1.29 is 41.4 Å². The number of rotatable bonds is 10. The highest BCUT2D eigenvalue weighted by Gasteiger charge is 2.34. The molecule has 1 amide bonds. The Morgan fingerprint density at radius 3 is 2.46 bits per heavy atom. The number of nitrogens with zero attached hydrogens (tertiary/aromatic N) is 3. The van der Waals surface area contributed by atoms with Crippen molar-refractivity contribution in [1.82, 2.24) is 14.9 Å². The number of amides is 1. The predicted molar refractivity (Wildman–Crippen MR) is 188 cm³/mol. The molecule has 0 saturated carbocycles. The van der Waals surface area contributed by atoms with E-state index >= 15 is 0 Å². The summed E-state index contributed by atoms with van der Waals surface area (Å²) >= 11 is 0. The summed E-state index contributed by atoms with van der Waals surface area (Å²) in [6, 6.07) is 21.4. The lowest BCUT2D eigenvalue weighted by Gasteiger charge is -2.36. The van der Waals surface area contributed by atoms with E-state index in [4.69, 9.17) is 18.6 Å². The molecule has 0 saturated heterocycles. The largest absolute Gasteiger partial charge is 0.489 e. The minimum absolute atomic E-state index is 0.131. The van der Waals surface area contributed by atoms with Crippen molar-refractivity contribution in [3.8, 4) is 17.2 Å². The number of alkyl halides is 3. The van der Waals surface area contributed by atoms with E-state index in [1.165, 1.54) is 6.07 Å². The van der Waals surface area contributed by atoms with E-state index in [-0.39, 0.29) is 41.9 Å². The summed E-state index contributed by atoms with van der Waals surface area (Å²) in [5.74, 6) is 0.413. The van der Waals surface area contributed by atoms with Crippen molar-refractivity contribution in [3.63, 3.8) is 0 Å². The van der Waals surface area contributed by atoms with Crippen LogP contribution < -0.4 is 4.74 Å². The van der Waals surface area contributed by atoms with E-state index in [9.17, 15) is 22.8 Å². The Bertz CT molecular complexity index is 2050. The maximum atomic E-state index is 13.7. The van der Waals surface area contributed by atoms with Gasteiger partial charge in [0.25, 0.3) is 0 Å². The molecule has 1 unspecified atom stereocenters. The number of hydrogen-bond acceptors (Lipinski definition) is 8. The first kappa shape index (κ1) is 36.4. The van der Waals surface area contributed by atoms with E-state index in [0.29, 0.717) is 30.7 Å². The fraction of sp³-hybridized carbons (Fsp3) is 0.350. The van der Waals surface area contributed by atoms with Gasteiger partial charge in [0.05, 0.1) is 18.2 Å².